The topological polar surface area (TPSA) is 82.9 Å². The van der Waals surface area contributed by atoms with E-state index in [-0.39, 0.29) is 18.0 Å². The lowest BCUT2D eigenvalue weighted by Gasteiger charge is -2.31. The minimum Gasteiger partial charge on any atom is -0.497 e. The maximum Gasteiger partial charge on any atom is 0.266 e. The van der Waals surface area contributed by atoms with Crippen molar-refractivity contribution in [3.05, 3.63) is 124 Å². The lowest BCUT2D eigenvalue weighted by Crippen LogP contribution is -2.37. The first-order chi connectivity index (χ1) is 20.0. The van der Waals surface area contributed by atoms with E-state index in [1.807, 2.05) is 67.6 Å². The number of rotatable bonds is 9. The first kappa shape index (κ1) is 27.5. The van der Waals surface area contributed by atoms with Gasteiger partial charge in [0.1, 0.15) is 23.1 Å². The Morgan fingerprint density at radius 2 is 1.51 bits per heavy atom. The molecule has 0 aliphatic rings. The molecule has 0 N–H and O–H groups in total. The van der Waals surface area contributed by atoms with Crippen LogP contribution < -0.4 is 19.8 Å². The second-order valence-corrected chi connectivity index (χ2v) is 9.46. The van der Waals surface area contributed by atoms with Crippen molar-refractivity contribution in [3.63, 3.8) is 0 Å². The Morgan fingerprint density at radius 3 is 2.24 bits per heavy atom. The summed E-state index contributed by atoms with van der Waals surface area (Å²) in [5.41, 5.74) is 2.11. The third-order valence-electron chi connectivity index (χ3n) is 7.06. The Kier molecular flexibility index (Phi) is 8.01. The summed E-state index contributed by atoms with van der Waals surface area (Å²) in [7, 11) is 4.63. The largest absolute Gasteiger partial charge is 0.497 e. The number of amides is 1. The van der Waals surface area contributed by atoms with Crippen LogP contribution in [0.5, 0.6) is 17.2 Å². The molecular weight excluding hydrogens is 518 g/mol. The average molecular weight is 550 g/mol. The first-order valence-corrected chi connectivity index (χ1v) is 13.2. The Labute approximate surface area is 238 Å². The van der Waals surface area contributed by atoms with Crippen LogP contribution in [0.3, 0.4) is 0 Å². The van der Waals surface area contributed by atoms with E-state index >= 15 is 0 Å². The van der Waals surface area contributed by atoms with Crippen molar-refractivity contribution in [1.82, 2.24) is 14.5 Å². The van der Waals surface area contributed by atoms with Gasteiger partial charge in [-0.25, -0.2) is 4.98 Å². The van der Waals surface area contributed by atoms with Crippen molar-refractivity contribution in [2.75, 3.05) is 21.3 Å². The Morgan fingerprint density at radius 1 is 0.829 bits per heavy atom. The number of methoxy groups -OCH3 is 3. The fourth-order valence-corrected chi connectivity index (χ4v) is 4.91. The van der Waals surface area contributed by atoms with Gasteiger partial charge < -0.3 is 19.1 Å². The van der Waals surface area contributed by atoms with Crippen LogP contribution in [-0.4, -0.2) is 41.7 Å². The van der Waals surface area contributed by atoms with Gasteiger partial charge in [0, 0.05) is 12.6 Å². The van der Waals surface area contributed by atoms with Gasteiger partial charge in [-0.15, -0.1) is 0 Å². The van der Waals surface area contributed by atoms with Crippen molar-refractivity contribution < 1.29 is 19.0 Å². The van der Waals surface area contributed by atoms with Gasteiger partial charge in [0.05, 0.1) is 49.5 Å². The number of para-hydroxylation sites is 3. The molecule has 4 aromatic carbocycles. The highest BCUT2D eigenvalue weighted by Crippen LogP contribution is 2.32. The number of ether oxygens (including phenoxy) is 3. The summed E-state index contributed by atoms with van der Waals surface area (Å²) in [5.74, 6) is 1.58. The van der Waals surface area contributed by atoms with Crippen LogP contribution in [0, 0.1) is 0 Å². The number of hydrogen-bond acceptors (Lipinski definition) is 6. The first-order valence-electron chi connectivity index (χ1n) is 13.2. The number of hydrogen-bond donors (Lipinski definition) is 0. The summed E-state index contributed by atoms with van der Waals surface area (Å²) in [6, 6.07) is 28.6. The van der Waals surface area contributed by atoms with E-state index in [4.69, 9.17) is 19.2 Å². The smallest absolute Gasteiger partial charge is 0.266 e. The molecule has 1 heterocycles. The molecule has 5 rings (SSSR count). The predicted molar refractivity (Wildman–Crippen MR) is 158 cm³/mol. The molecule has 1 aromatic heterocycles. The van der Waals surface area contributed by atoms with Gasteiger partial charge in [0.2, 0.25) is 0 Å². The molecule has 208 valence electrons. The molecular formula is C33H31N3O5. The zero-order valence-corrected chi connectivity index (χ0v) is 23.4. The second-order valence-electron chi connectivity index (χ2n) is 9.46. The molecule has 8 heteroatoms. The molecule has 0 aliphatic heterocycles. The molecule has 41 heavy (non-hydrogen) atoms. The fraction of sp³-hybridized carbons (Fsp3) is 0.182. The van der Waals surface area contributed by atoms with E-state index in [2.05, 4.69) is 0 Å². The van der Waals surface area contributed by atoms with E-state index < -0.39 is 6.04 Å². The van der Waals surface area contributed by atoms with Gasteiger partial charge in [-0.2, -0.15) is 0 Å². The predicted octanol–water partition coefficient (Wildman–Crippen LogP) is 5.82. The van der Waals surface area contributed by atoms with Gasteiger partial charge in [0.15, 0.2) is 0 Å². The number of aromatic nitrogens is 2. The molecule has 0 fully saturated rings. The lowest BCUT2D eigenvalue weighted by molar-refractivity contribution is 0.0660. The van der Waals surface area contributed by atoms with Gasteiger partial charge in [-0.1, -0.05) is 54.6 Å². The molecule has 0 saturated heterocycles. The molecule has 1 unspecified atom stereocenters. The van der Waals surface area contributed by atoms with Gasteiger partial charge in [0.25, 0.3) is 11.5 Å². The number of nitrogens with zero attached hydrogens (tertiary/aromatic N) is 3. The number of fused-ring (bicyclic) bond motifs is 1. The Balaban J connectivity index is 1.73. The van der Waals surface area contributed by atoms with E-state index in [1.165, 1.54) is 7.11 Å². The molecule has 8 nitrogen and oxygen atoms in total. The summed E-state index contributed by atoms with van der Waals surface area (Å²) < 4.78 is 18.1. The quantitative estimate of drug-likeness (QED) is 0.231. The SMILES string of the molecule is COc1ccc(C(=O)N(Cc2ccccc2)C(C)c2nc3ccccc3c(=O)n2-c2ccccc2OC)c(OC)c1. The van der Waals surface area contributed by atoms with Crippen LogP contribution in [0.1, 0.15) is 34.7 Å². The van der Waals surface area contributed by atoms with Crippen LogP contribution >= 0.6 is 0 Å². The standard InChI is InChI=1S/C33H31N3O5/c1-22(31-34-27-15-9-8-14-25(27)33(38)36(31)28-16-10-11-17-29(28)40-3)35(21-23-12-6-5-7-13-23)32(37)26-19-18-24(39-2)20-30(26)41-4/h5-20,22H,21H2,1-4H3. The van der Waals surface area contributed by atoms with Gasteiger partial charge in [-0.05, 0) is 48.9 Å². The number of carbonyl (C=O) groups excluding carboxylic acids is 1. The monoisotopic (exact) mass is 549 g/mol. The Hall–Kier alpha value is -5.11. The van der Waals surface area contributed by atoms with E-state index in [0.29, 0.717) is 45.2 Å². The highest BCUT2D eigenvalue weighted by Gasteiger charge is 2.30. The minimum absolute atomic E-state index is 0.254. The summed E-state index contributed by atoms with van der Waals surface area (Å²) in [4.78, 5) is 35.0. The minimum atomic E-state index is -0.642. The summed E-state index contributed by atoms with van der Waals surface area (Å²) >= 11 is 0. The zero-order valence-electron chi connectivity index (χ0n) is 23.4. The zero-order chi connectivity index (χ0) is 28.9. The van der Waals surface area contributed by atoms with Crippen molar-refractivity contribution in [3.8, 4) is 22.9 Å². The second kappa shape index (κ2) is 12.0. The van der Waals surface area contributed by atoms with Crippen LogP contribution in [0.15, 0.2) is 102 Å². The summed E-state index contributed by atoms with van der Waals surface area (Å²) in [6.45, 7) is 2.14. The van der Waals surface area contributed by atoms with Gasteiger partial charge in [-0.3, -0.25) is 14.2 Å². The molecule has 1 atom stereocenters. The maximum absolute atomic E-state index is 14.3. The highest BCUT2D eigenvalue weighted by atomic mass is 16.5. The fourth-order valence-electron chi connectivity index (χ4n) is 4.91. The maximum atomic E-state index is 14.3. The number of carbonyl (C=O) groups is 1. The third-order valence-corrected chi connectivity index (χ3v) is 7.06. The molecule has 0 bridgehead atoms. The normalized spacial score (nSPS) is 11.6. The van der Waals surface area contributed by atoms with Crippen LogP contribution in [-0.2, 0) is 6.54 Å². The van der Waals surface area contributed by atoms with Gasteiger partial charge >= 0.3 is 0 Å². The van der Waals surface area contributed by atoms with Crippen molar-refractivity contribution in [2.24, 2.45) is 0 Å². The molecule has 0 aliphatic carbocycles. The van der Waals surface area contributed by atoms with E-state index in [9.17, 15) is 9.59 Å². The van der Waals surface area contributed by atoms with Crippen LogP contribution in [0.4, 0.5) is 0 Å². The van der Waals surface area contributed by atoms with Crippen molar-refractivity contribution >= 4 is 16.8 Å². The Bertz CT molecular complexity index is 1750. The molecule has 5 aromatic rings. The average Bonchev–Trinajstić information content (AvgIpc) is 3.03. The van der Waals surface area contributed by atoms with Crippen molar-refractivity contribution in [2.45, 2.75) is 19.5 Å². The molecule has 1 amide bonds. The van der Waals surface area contributed by atoms with Crippen LogP contribution in [0.25, 0.3) is 16.6 Å². The van der Waals surface area contributed by atoms with Crippen molar-refractivity contribution in [1.29, 1.82) is 0 Å². The molecule has 0 spiro atoms. The lowest BCUT2D eigenvalue weighted by atomic mass is 10.1. The molecule has 0 radical (unpaired) electrons. The highest BCUT2D eigenvalue weighted by molar-refractivity contribution is 5.97. The molecule has 0 saturated carbocycles. The van der Waals surface area contributed by atoms with E-state index in [1.54, 1.807) is 60.1 Å². The third kappa shape index (κ3) is 5.36. The summed E-state index contributed by atoms with van der Waals surface area (Å²) in [6.07, 6.45) is 0. The summed E-state index contributed by atoms with van der Waals surface area (Å²) in [5, 5.41) is 0.465. The number of benzene rings is 4. The van der Waals surface area contributed by atoms with E-state index in [0.717, 1.165) is 5.56 Å². The van der Waals surface area contributed by atoms with Crippen LogP contribution in [0.2, 0.25) is 0 Å².